The largest absolute Gasteiger partial charge is 0.455 e. The summed E-state index contributed by atoms with van der Waals surface area (Å²) in [6.07, 6.45) is 0.170. The Labute approximate surface area is 124 Å². The molecule has 120 valence electrons. The van der Waals surface area contributed by atoms with Gasteiger partial charge < -0.3 is 13.6 Å². The molecule has 0 unspecified atom stereocenters. The van der Waals surface area contributed by atoms with E-state index in [4.69, 9.17) is 13.6 Å². The summed E-state index contributed by atoms with van der Waals surface area (Å²) in [5.74, 6) is 0. The van der Waals surface area contributed by atoms with E-state index in [1.807, 2.05) is 0 Å². The van der Waals surface area contributed by atoms with Gasteiger partial charge in [0.15, 0.2) is 0 Å². The van der Waals surface area contributed by atoms with Crippen LogP contribution in [0.25, 0.3) is 0 Å². The van der Waals surface area contributed by atoms with Gasteiger partial charge in [-0.15, -0.1) is 5.16 Å². The number of nitrogens with zero attached hydrogens (tertiary/aromatic N) is 1. The second kappa shape index (κ2) is 7.73. The van der Waals surface area contributed by atoms with Crippen LogP contribution in [0.4, 0.5) is 0 Å². The van der Waals surface area contributed by atoms with Gasteiger partial charge in [-0.1, -0.05) is 20.8 Å². The lowest BCUT2D eigenvalue weighted by molar-refractivity contribution is 0.223. The average molecular weight is 323 g/mol. The molecule has 0 fully saturated rings. The smallest absolute Gasteiger partial charge is 0.336 e. The first kappa shape index (κ1) is 19.8. The summed E-state index contributed by atoms with van der Waals surface area (Å²) in [6.45, 7) is 16.8. The van der Waals surface area contributed by atoms with Crippen LogP contribution in [-0.2, 0) is 18.1 Å². The first-order valence-electron chi connectivity index (χ1n) is 7.07. The van der Waals surface area contributed by atoms with Crippen molar-refractivity contribution >= 4 is 21.6 Å². The van der Waals surface area contributed by atoms with E-state index in [1.54, 1.807) is 20.8 Å². The second-order valence-electron chi connectivity index (χ2n) is 6.28. The third-order valence-corrected chi connectivity index (χ3v) is 9.62. The van der Waals surface area contributed by atoms with Gasteiger partial charge in [0.1, 0.15) is 0 Å². The molecule has 5 nitrogen and oxygen atoms in total. The van der Waals surface area contributed by atoms with Crippen LogP contribution in [0.5, 0.6) is 0 Å². The van der Waals surface area contributed by atoms with E-state index in [-0.39, 0.29) is 11.2 Å². The standard InChI is InChI=1S/C13H30NO4PSi/c1-9-16-19(15,17-10-2)11-12(3)14-18-20(7,8)13(4,5)6/h9-11H2,1-8H3/b14-12-. The van der Waals surface area contributed by atoms with E-state index in [0.717, 1.165) is 0 Å². The third-order valence-electron chi connectivity index (χ3n) is 3.31. The van der Waals surface area contributed by atoms with Crippen molar-refractivity contribution in [1.29, 1.82) is 0 Å². The molecule has 0 saturated carbocycles. The van der Waals surface area contributed by atoms with Gasteiger partial charge in [0.05, 0.1) is 25.1 Å². The maximum Gasteiger partial charge on any atom is 0.336 e. The minimum Gasteiger partial charge on any atom is -0.455 e. The van der Waals surface area contributed by atoms with Crippen LogP contribution >= 0.6 is 7.60 Å². The Balaban J connectivity index is 4.78. The van der Waals surface area contributed by atoms with Gasteiger partial charge in [-0.3, -0.25) is 4.57 Å². The van der Waals surface area contributed by atoms with E-state index in [9.17, 15) is 4.57 Å². The summed E-state index contributed by atoms with van der Waals surface area (Å²) in [6, 6.07) is 0. The number of rotatable bonds is 8. The molecule has 0 aromatic heterocycles. The molecule has 0 aliphatic heterocycles. The summed E-state index contributed by atoms with van der Waals surface area (Å²) < 4.78 is 28.6. The molecule has 0 spiro atoms. The molecule has 0 rings (SSSR count). The molecular weight excluding hydrogens is 293 g/mol. The molecule has 0 atom stereocenters. The molecule has 0 N–H and O–H groups in total. The zero-order valence-corrected chi connectivity index (χ0v) is 16.0. The van der Waals surface area contributed by atoms with Crippen molar-refractivity contribution in [2.75, 3.05) is 19.4 Å². The lowest BCUT2D eigenvalue weighted by Gasteiger charge is -2.33. The topological polar surface area (TPSA) is 57.1 Å². The van der Waals surface area contributed by atoms with E-state index < -0.39 is 15.9 Å². The Hall–Kier alpha value is -0.163. The number of hydrogen-bond donors (Lipinski definition) is 0. The SMILES string of the molecule is CCOP(=O)(C/C(C)=N\O[Si](C)(C)C(C)(C)C)OCC. The Morgan fingerprint density at radius 1 is 1.15 bits per heavy atom. The van der Waals surface area contributed by atoms with Crippen LogP contribution in [0.1, 0.15) is 41.5 Å². The van der Waals surface area contributed by atoms with Crippen molar-refractivity contribution in [2.24, 2.45) is 5.16 Å². The van der Waals surface area contributed by atoms with Gasteiger partial charge in [-0.25, -0.2) is 0 Å². The highest BCUT2D eigenvalue weighted by Crippen LogP contribution is 2.48. The van der Waals surface area contributed by atoms with Crippen LogP contribution in [0.2, 0.25) is 18.1 Å². The van der Waals surface area contributed by atoms with Gasteiger partial charge in [0.25, 0.3) is 8.32 Å². The van der Waals surface area contributed by atoms with Crippen LogP contribution < -0.4 is 0 Å². The van der Waals surface area contributed by atoms with Gasteiger partial charge in [-0.2, -0.15) is 0 Å². The second-order valence-corrected chi connectivity index (χ2v) is 13.0. The summed E-state index contributed by atoms with van der Waals surface area (Å²) in [7, 11) is -5.03. The zero-order chi connectivity index (χ0) is 16.0. The average Bonchev–Trinajstić information content (AvgIpc) is 2.25. The fraction of sp³-hybridized carbons (Fsp3) is 0.923. The highest BCUT2D eigenvalue weighted by molar-refractivity contribution is 7.54. The van der Waals surface area contributed by atoms with Crippen LogP contribution in [0.3, 0.4) is 0 Å². The van der Waals surface area contributed by atoms with Crippen molar-refractivity contribution < 1.29 is 18.1 Å². The van der Waals surface area contributed by atoms with E-state index >= 15 is 0 Å². The maximum atomic E-state index is 12.4. The van der Waals surface area contributed by atoms with Gasteiger partial charge in [-0.05, 0) is 38.9 Å². The van der Waals surface area contributed by atoms with Crippen molar-refractivity contribution in [3.63, 3.8) is 0 Å². The van der Waals surface area contributed by atoms with Gasteiger partial charge in [0.2, 0.25) is 0 Å². The van der Waals surface area contributed by atoms with Crippen molar-refractivity contribution in [3.8, 4) is 0 Å². The maximum absolute atomic E-state index is 12.4. The minimum atomic E-state index is -3.09. The first-order valence-corrected chi connectivity index (χ1v) is 11.7. The van der Waals surface area contributed by atoms with Crippen molar-refractivity contribution in [2.45, 2.75) is 59.7 Å². The fourth-order valence-electron chi connectivity index (χ4n) is 1.16. The Morgan fingerprint density at radius 3 is 1.95 bits per heavy atom. The van der Waals surface area contributed by atoms with Gasteiger partial charge in [0, 0.05) is 0 Å². The minimum absolute atomic E-state index is 0.0836. The number of oxime groups is 1. The molecule has 0 heterocycles. The number of hydrogen-bond acceptors (Lipinski definition) is 5. The normalized spacial score (nSPS) is 14.5. The van der Waals surface area contributed by atoms with Gasteiger partial charge >= 0.3 is 7.60 Å². The summed E-state index contributed by atoms with van der Waals surface area (Å²) in [5, 5.41) is 4.24. The zero-order valence-electron chi connectivity index (χ0n) is 14.1. The third kappa shape index (κ3) is 6.53. The Kier molecular flexibility index (Phi) is 7.67. The lowest BCUT2D eigenvalue weighted by Crippen LogP contribution is -2.39. The van der Waals surface area contributed by atoms with E-state index in [1.165, 1.54) is 0 Å². The predicted molar refractivity (Wildman–Crippen MR) is 87.1 cm³/mol. The molecular formula is C13H30NO4PSi. The van der Waals surface area contributed by atoms with Crippen molar-refractivity contribution in [3.05, 3.63) is 0 Å². The summed E-state index contributed by atoms with van der Waals surface area (Å²) >= 11 is 0. The molecule has 0 aromatic rings. The fourth-order valence-corrected chi connectivity index (χ4v) is 3.48. The van der Waals surface area contributed by atoms with E-state index in [2.05, 4.69) is 39.0 Å². The van der Waals surface area contributed by atoms with Crippen LogP contribution in [-0.4, -0.2) is 33.4 Å². The first-order chi connectivity index (χ1) is 8.97. The Bertz CT molecular complexity index is 367. The monoisotopic (exact) mass is 323 g/mol. The van der Waals surface area contributed by atoms with Crippen LogP contribution in [0.15, 0.2) is 5.16 Å². The summed E-state index contributed by atoms with van der Waals surface area (Å²) in [5.41, 5.74) is 0.639. The quantitative estimate of drug-likeness (QED) is 0.282. The summed E-state index contributed by atoms with van der Waals surface area (Å²) in [4.78, 5) is 0. The molecule has 0 bridgehead atoms. The molecule has 0 aliphatic carbocycles. The molecule has 0 aliphatic rings. The van der Waals surface area contributed by atoms with E-state index in [0.29, 0.717) is 18.9 Å². The molecule has 0 aromatic carbocycles. The molecule has 0 amide bonds. The lowest BCUT2D eigenvalue weighted by atomic mass is 10.2. The predicted octanol–water partition coefficient (Wildman–Crippen LogP) is 4.65. The molecule has 7 heteroatoms. The molecule has 0 saturated heterocycles. The highest BCUT2D eigenvalue weighted by Gasteiger charge is 2.40. The molecule has 20 heavy (non-hydrogen) atoms. The highest BCUT2D eigenvalue weighted by atomic mass is 31.2. The molecule has 0 radical (unpaired) electrons. The Morgan fingerprint density at radius 2 is 1.60 bits per heavy atom. The van der Waals surface area contributed by atoms with Crippen molar-refractivity contribution in [1.82, 2.24) is 0 Å². The van der Waals surface area contributed by atoms with Crippen LogP contribution in [0, 0.1) is 0 Å².